The third kappa shape index (κ3) is 6.12. The van der Waals surface area contributed by atoms with Crippen LogP contribution in [-0.4, -0.2) is 74.2 Å². The van der Waals surface area contributed by atoms with E-state index in [0.717, 1.165) is 37.0 Å². The Kier molecular flexibility index (Phi) is 8.86. The molecule has 0 aliphatic rings. The minimum absolute atomic E-state index is 0.341. The molecule has 0 unspecified atom stereocenters. The van der Waals surface area contributed by atoms with Gasteiger partial charge < -0.3 is 23.7 Å². The lowest BCUT2D eigenvalue weighted by Crippen LogP contribution is -2.27. The largest absolute Gasteiger partial charge is 0.461 e. The number of fused-ring (bicyclic) bond motifs is 3. The average molecular weight is 455 g/mol. The molecule has 0 saturated carbocycles. The van der Waals surface area contributed by atoms with E-state index in [0.29, 0.717) is 48.6 Å². The highest BCUT2D eigenvalue weighted by Crippen LogP contribution is 2.30. The van der Waals surface area contributed by atoms with E-state index in [1.807, 2.05) is 0 Å². The van der Waals surface area contributed by atoms with E-state index < -0.39 is 0 Å². The van der Waals surface area contributed by atoms with E-state index in [2.05, 4.69) is 37.5 Å². The fraction of sp³-hybridized carbons (Fsp3) is 0.462. The number of hydrogen-bond donors (Lipinski definition) is 0. The van der Waals surface area contributed by atoms with Crippen LogP contribution in [0.3, 0.4) is 0 Å². The second kappa shape index (κ2) is 11.8. The summed E-state index contributed by atoms with van der Waals surface area (Å²) in [6, 6.07) is 10.4. The molecule has 0 saturated heterocycles. The van der Waals surface area contributed by atoms with Gasteiger partial charge in [0.2, 0.25) is 0 Å². The van der Waals surface area contributed by atoms with Crippen molar-refractivity contribution < 1.29 is 23.5 Å². The van der Waals surface area contributed by atoms with Gasteiger partial charge in [-0.05, 0) is 62.6 Å². The van der Waals surface area contributed by atoms with Gasteiger partial charge in [-0.15, -0.1) is 0 Å². The summed E-state index contributed by atoms with van der Waals surface area (Å²) in [5.74, 6) is -0.740. The van der Waals surface area contributed by atoms with Gasteiger partial charge in [0, 0.05) is 23.9 Å². The van der Waals surface area contributed by atoms with Crippen molar-refractivity contribution in [1.29, 1.82) is 0 Å². The molecule has 3 aromatic rings. The van der Waals surface area contributed by atoms with Crippen molar-refractivity contribution >= 4 is 33.9 Å². The maximum absolute atomic E-state index is 12.6. The molecule has 0 aliphatic heterocycles. The molecule has 178 valence electrons. The number of nitrogens with zero attached hydrogens (tertiary/aromatic N) is 2. The van der Waals surface area contributed by atoms with E-state index in [-0.39, 0.29) is 11.9 Å². The second-order valence-corrected chi connectivity index (χ2v) is 7.85. The topological polar surface area (TPSA) is 72.2 Å². The van der Waals surface area contributed by atoms with Crippen LogP contribution in [0, 0.1) is 0 Å². The summed E-state index contributed by atoms with van der Waals surface area (Å²) in [5, 5.41) is 1.53. The van der Waals surface area contributed by atoms with E-state index in [4.69, 9.17) is 13.9 Å². The summed E-state index contributed by atoms with van der Waals surface area (Å²) in [5.41, 5.74) is 2.21. The van der Waals surface area contributed by atoms with Gasteiger partial charge in [-0.1, -0.05) is 27.7 Å². The third-order valence-electron chi connectivity index (χ3n) is 6.01. The van der Waals surface area contributed by atoms with E-state index in [1.165, 1.54) is 0 Å². The van der Waals surface area contributed by atoms with Crippen LogP contribution in [0.1, 0.15) is 48.4 Å². The summed E-state index contributed by atoms with van der Waals surface area (Å²) in [7, 11) is 0. The van der Waals surface area contributed by atoms with E-state index >= 15 is 0 Å². The minimum Gasteiger partial charge on any atom is -0.461 e. The normalized spacial score (nSPS) is 11.6. The summed E-state index contributed by atoms with van der Waals surface area (Å²) >= 11 is 0. The van der Waals surface area contributed by atoms with Gasteiger partial charge in [0.05, 0.1) is 11.1 Å². The van der Waals surface area contributed by atoms with Gasteiger partial charge in [0.25, 0.3) is 0 Å². The molecule has 7 nitrogen and oxygen atoms in total. The molecule has 0 aliphatic carbocycles. The number of benzene rings is 2. The van der Waals surface area contributed by atoms with Crippen LogP contribution in [0.15, 0.2) is 40.8 Å². The van der Waals surface area contributed by atoms with Gasteiger partial charge in [-0.25, -0.2) is 9.59 Å². The Bertz CT molecular complexity index is 999. The first-order valence-corrected chi connectivity index (χ1v) is 11.8. The first kappa shape index (κ1) is 24.7. The Labute approximate surface area is 195 Å². The molecule has 1 heterocycles. The number of ether oxygens (including phenoxy) is 2. The average Bonchev–Trinajstić information content (AvgIpc) is 3.21. The fourth-order valence-electron chi connectivity index (χ4n) is 3.81. The summed E-state index contributed by atoms with van der Waals surface area (Å²) < 4.78 is 16.8. The lowest BCUT2D eigenvalue weighted by Gasteiger charge is -2.17. The maximum Gasteiger partial charge on any atom is 0.338 e. The molecular weight excluding hydrogens is 420 g/mol. The van der Waals surface area contributed by atoms with E-state index in [1.54, 1.807) is 36.4 Å². The number of esters is 2. The van der Waals surface area contributed by atoms with Gasteiger partial charge >= 0.3 is 11.9 Å². The van der Waals surface area contributed by atoms with Gasteiger partial charge in [0.1, 0.15) is 24.4 Å². The van der Waals surface area contributed by atoms with Gasteiger partial charge in [-0.2, -0.15) is 0 Å². The maximum atomic E-state index is 12.6. The molecule has 0 fully saturated rings. The molecule has 1 aromatic heterocycles. The number of furan rings is 1. The van der Waals surface area contributed by atoms with Crippen molar-refractivity contribution in [2.45, 2.75) is 27.7 Å². The Morgan fingerprint density at radius 2 is 1.09 bits per heavy atom. The Morgan fingerprint density at radius 3 is 1.45 bits per heavy atom. The number of hydrogen-bond acceptors (Lipinski definition) is 7. The summed E-state index contributed by atoms with van der Waals surface area (Å²) in [4.78, 5) is 29.5. The SMILES string of the molecule is CCN(CC)CCOC(=O)c1ccc2oc3ccc(C(=O)OCCN(CC)CC)cc3c2c1. The molecule has 3 rings (SSSR count). The van der Waals surface area contributed by atoms with Crippen LogP contribution in [0.4, 0.5) is 0 Å². The summed E-state index contributed by atoms with van der Waals surface area (Å²) in [6.45, 7) is 14.1. The lowest BCUT2D eigenvalue weighted by molar-refractivity contribution is 0.0458. The quantitative estimate of drug-likeness (QED) is 0.371. The number of carbonyl (C=O) groups excluding carboxylic acids is 2. The smallest absolute Gasteiger partial charge is 0.338 e. The lowest BCUT2D eigenvalue weighted by atomic mass is 10.1. The molecule has 0 bridgehead atoms. The Balaban J connectivity index is 1.74. The third-order valence-corrected chi connectivity index (χ3v) is 6.01. The van der Waals surface area contributed by atoms with Crippen molar-refractivity contribution in [1.82, 2.24) is 9.80 Å². The monoisotopic (exact) mass is 454 g/mol. The number of carbonyl (C=O) groups is 2. The molecule has 2 aromatic carbocycles. The number of rotatable bonds is 12. The standard InChI is InChI=1S/C26H34N2O5/c1-5-27(6-2)13-15-31-25(29)19-9-11-23-21(17-19)22-18-20(10-12-24(22)33-23)26(30)32-16-14-28(7-3)8-4/h9-12,17-18H,5-8,13-16H2,1-4H3. The molecule has 0 atom stereocenters. The summed E-state index contributed by atoms with van der Waals surface area (Å²) in [6.07, 6.45) is 0. The van der Waals surface area contributed by atoms with Crippen molar-refractivity contribution in [2.24, 2.45) is 0 Å². The number of likely N-dealkylation sites (N-methyl/N-ethyl adjacent to an activating group) is 2. The molecule has 33 heavy (non-hydrogen) atoms. The second-order valence-electron chi connectivity index (χ2n) is 7.85. The predicted octanol–water partition coefficient (Wildman–Crippen LogP) is 4.58. The molecular formula is C26H34N2O5. The zero-order chi connectivity index (χ0) is 23.8. The van der Waals surface area contributed by atoms with Gasteiger partial charge in [-0.3, -0.25) is 0 Å². The fourth-order valence-corrected chi connectivity index (χ4v) is 3.81. The molecule has 0 radical (unpaired) electrons. The molecule has 0 spiro atoms. The van der Waals surface area contributed by atoms with Crippen LogP contribution >= 0.6 is 0 Å². The first-order valence-electron chi connectivity index (χ1n) is 11.8. The highest BCUT2D eigenvalue weighted by atomic mass is 16.5. The molecule has 0 amide bonds. The van der Waals surface area contributed by atoms with Crippen LogP contribution < -0.4 is 0 Å². The Morgan fingerprint density at radius 1 is 0.697 bits per heavy atom. The zero-order valence-corrected chi connectivity index (χ0v) is 20.1. The highest BCUT2D eigenvalue weighted by molar-refractivity contribution is 6.09. The van der Waals surface area contributed by atoms with Crippen molar-refractivity contribution in [3.63, 3.8) is 0 Å². The van der Waals surface area contributed by atoms with Crippen LogP contribution in [0.25, 0.3) is 21.9 Å². The van der Waals surface area contributed by atoms with Crippen molar-refractivity contribution in [2.75, 3.05) is 52.5 Å². The highest BCUT2D eigenvalue weighted by Gasteiger charge is 2.16. The van der Waals surface area contributed by atoms with Gasteiger partial charge in [0.15, 0.2) is 0 Å². The molecule has 0 N–H and O–H groups in total. The zero-order valence-electron chi connectivity index (χ0n) is 20.1. The Hall–Kier alpha value is -2.90. The minimum atomic E-state index is -0.370. The van der Waals surface area contributed by atoms with Crippen LogP contribution in [0.2, 0.25) is 0 Å². The van der Waals surface area contributed by atoms with Crippen molar-refractivity contribution in [3.8, 4) is 0 Å². The predicted molar refractivity (Wildman–Crippen MR) is 130 cm³/mol. The van der Waals surface area contributed by atoms with Crippen LogP contribution in [0.5, 0.6) is 0 Å². The van der Waals surface area contributed by atoms with Crippen LogP contribution in [-0.2, 0) is 9.47 Å². The van der Waals surface area contributed by atoms with E-state index in [9.17, 15) is 9.59 Å². The molecule has 7 heteroatoms. The van der Waals surface area contributed by atoms with Crippen molar-refractivity contribution in [3.05, 3.63) is 47.5 Å². The first-order chi connectivity index (χ1) is 16.0.